The van der Waals surface area contributed by atoms with Crippen LogP contribution in [0.2, 0.25) is 0 Å². The Balaban J connectivity index is 1.38. The van der Waals surface area contributed by atoms with E-state index in [0.717, 1.165) is 42.5 Å². The summed E-state index contributed by atoms with van der Waals surface area (Å²) in [5.41, 5.74) is 1.03. The van der Waals surface area contributed by atoms with Crippen molar-refractivity contribution in [1.29, 1.82) is 0 Å². The Morgan fingerprint density at radius 3 is 2.91 bits per heavy atom. The van der Waals surface area contributed by atoms with Crippen molar-refractivity contribution in [3.05, 3.63) is 23.8 Å². The molecule has 1 N–H and O–H groups in total. The first-order chi connectivity index (χ1) is 11.2. The van der Waals surface area contributed by atoms with Crippen LogP contribution >= 0.6 is 0 Å². The fraction of sp³-hybridized carbons (Fsp3) is 0.667. The summed E-state index contributed by atoms with van der Waals surface area (Å²) < 4.78 is 16.3. The van der Waals surface area contributed by atoms with Crippen molar-refractivity contribution >= 4 is 0 Å². The van der Waals surface area contributed by atoms with Gasteiger partial charge in [0.15, 0.2) is 11.5 Å². The molecule has 1 unspecified atom stereocenters. The number of aliphatic hydroxyl groups excluding tert-OH is 1. The van der Waals surface area contributed by atoms with Gasteiger partial charge in [0, 0.05) is 13.1 Å². The van der Waals surface area contributed by atoms with Crippen LogP contribution in [0.15, 0.2) is 18.2 Å². The summed E-state index contributed by atoms with van der Waals surface area (Å²) in [6.45, 7) is 6.17. The van der Waals surface area contributed by atoms with Crippen LogP contribution in [0.3, 0.4) is 0 Å². The average molecular weight is 321 g/mol. The van der Waals surface area contributed by atoms with Gasteiger partial charge in [-0.2, -0.15) is 0 Å². The summed E-state index contributed by atoms with van der Waals surface area (Å²) in [7, 11) is 0. The van der Waals surface area contributed by atoms with Crippen molar-refractivity contribution in [3.63, 3.8) is 0 Å². The molecule has 1 aliphatic carbocycles. The molecule has 1 aromatic rings. The Morgan fingerprint density at radius 2 is 2.13 bits per heavy atom. The fourth-order valence-electron chi connectivity index (χ4n) is 2.93. The zero-order chi connectivity index (χ0) is 16.1. The Kier molecular flexibility index (Phi) is 5.75. The number of benzene rings is 1. The molecular formula is C18H27NO4. The second kappa shape index (κ2) is 7.99. The van der Waals surface area contributed by atoms with Crippen LogP contribution in [-0.4, -0.2) is 49.1 Å². The number of ether oxygens (including phenoxy) is 3. The zero-order valence-electron chi connectivity index (χ0n) is 13.9. The highest BCUT2D eigenvalue weighted by molar-refractivity contribution is 5.44. The van der Waals surface area contributed by atoms with Crippen LogP contribution < -0.4 is 9.47 Å². The number of hydrogen-bond donors (Lipinski definition) is 1. The molecule has 1 saturated carbocycles. The van der Waals surface area contributed by atoms with Gasteiger partial charge in [0.25, 0.3) is 0 Å². The molecule has 2 aliphatic rings. The lowest BCUT2D eigenvalue weighted by Gasteiger charge is -2.24. The maximum Gasteiger partial charge on any atom is 0.231 e. The van der Waals surface area contributed by atoms with E-state index in [1.807, 2.05) is 18.2 Å². The Bertz CT molecular complexity index is 504. The molecule has 0 aromatic heterocycles. The lowest BCUT2D eigenvalue weighted by Crippen LogP contribution is -2.36. The minimum absolute atomic E-state index is 0.284. The number of rotatable bonds is 10. The van der Waals surface area contributed by atoms with Gasteiger partial charge in [-0.15, -0.1) is 0 Å². The van der Waals surface area contributed by atoms with Crippen molar-refractivity contribution in [2.75, 3.05) is 33.0 Å². The average Bonchev–Trinajstić information content (AvgIpc) is 3.22. The van der Waals surface area contributed by atoms with Gasteiger partial charge in [0.05, 0.1) is 19.3 Å². The molecule has 1 heterocycles. The van der Waals surface area contributed by atoms with Crippen LogP contribution in [0.5, 0.6) is 11.5 Å². The van der Waals surface area contributed by atoms with E-state index in [1.54, 1.807) is 0 Å². The number of nitrogens with zero attached hydrogens (tertiary/aromatic N) is 1. The molecule has 1 fully saturated rings. The maximum atomic E-state index is 10.2. The molecule has 3 rings (SSSR count). The zero-order valence-corrected chi connectivity index (χ0v) is 13.9. The molecule has 1 aliphatic heterocycles. The molecule has 0 amide bonds. The molecule has 128 valence electrons. The van der Waals surface area contributed by atoms with Gasteiger partial charge in [0.2, 0.25) is 6.79 Å². The summed E-state index contributed by atoms with van der Waals surface area (Å²) in [6.07, 6.45) is 3.38. The summed E-state index contributed by atoms with van der Waals surface area (Å²) in [4.78, 5) is 2.37. The number of aliphatic hydroxyl groups is 1. The van der Waals surface area contributed by atoms with E-state index in [0.29, 0.717) is 19.8 Å². The third kappa shape index (κ3) is 5.09. The summed E-state index contributed by atoms with van der Waals surface area (Å²) in [5.74, 6) is 2.40. The molecule has 5 nitrogen and oxygen atoms in total. The van der Waals surface area contributed by atoms with Gasteiger partial charge in [-0.05, 0) is 49.4 Å². The minimum atomic E-state index is -0.436. The summed E-state index contributed by atoms with van der Waals surface area (Å²) >= 11 is 0. The van der Waals surface area contributed by atoms with Crippen molar-refractivity contribution in [3.8, 4) is 11.5 Å². The maximum absolute atomic E-state index is 10.2. The van der Waals surface area contributed by atoms with Crippen LogP contribution in [0.25, 0.3) is 0 Å². The van der Waals surface area contributed by atoms with Gasteiger partial charge in [-0.1, -0.05) is 13.0 Å². The van der Waals surface area contributed by atoms with Gasteiger partial charge >= 0.3 is 0 Å². The Hall–Kier alpha value is -1.30. The number of fused-ring (bicyclic) bond motifs is 1. The normalized spacial score (nSPS) is 17.7. The second-order valence-electron chi connectivity index (χ2n) is 6.56. The van der Waals surface area contributed by atoms with E-state index in [4.69, 9.17) is 14.2 Å². The van der Waals surface area contributed by atoms with Crippen molar-refractivity contribution in [1.82, 2.24) is 4.90 Å². The first-order valence-electron chi connectivity index (χ1n) is 8.61. The monoisotopic (exact) mass is 321 g/mol. The highest BCUT2D eigenvalue weighted by Crippen LogP contribution is 2.32. The van der Waals surface area contributed by atoms with E-state index in [9.17, 15) is 5.11 Å². The van der Waals surface area contributed by atoms with Gasteiger partial charge < -0.3 is 24.2 Å². The first-order valence-corrected chi connectivity index (χ1v) is 8.61. The molecule has 0 bridgehead atoms. The standard InChI is InChI=1S/C18H27NO4/c1-2-7-19(9-14-3-4-14)10-16(20)12-21-11-15-5-6-17-18(8-15)23-13-22-17/h5-6,8,14,16,20H,2-4,7,9-13H2,1H3. The van der Waals surface area contributed by atoms with E-state index in [-0.39, 0.29) is 6.79 Å². The van der Waals surface area contributed by atoms with Crippen LogP contribution in [0.1, 0.15) is 31.7 Å². The van der Waals surface area contributed by atoms with E-state index in [1.165, 1.54) is 12.8 Å². The van der Waals surface area contributed by atoms with Crippen molar-refractivity contribution < 1.29 is 19.3 Å². The highest BCUT2D eigenvalue weighted by Gasteiger charge is 2.25. The third-order valence-electron chi connectivity index (χ3n) is 4.24. The van der Waals surface area contributed by atoms with Crippen molar-refractivity contribution in [2.45, 2.75) is 38.9 Å². The lowest BCUT2D eigenvalue weighted by atomic mass is 10.2. The molecule has 5 heteroatoms. The quantitative estimate of drug-likeness (QED) is 0.717. The largest absolute Gasteiger partial charge is 0.454 e. The number of hydrogen-bond acceptors (Lipinski definition) is 5. The van der Waals surface area contributed by atoms with Gasteiger partial charge in [0.1, 0.15) is 0 Å². The topological polar surface area (TPSA) is 51.2 Å². The van der Waals surface area contributed by atoms with Crippen LogP contribution in [-0.2, 0) is 11.3 Å². The van der Waals surface area contributed by atoms with E-state index >= 15 is 0 Å². The van der Waals surface area contributed by atoms with Crippen LogP contribution in [0, 0.1) is 5.92 Å². The second-order valence-corrected chi connectivity index (χ2v) is 6.56. The molecule has 1 atom stereocenters. The van der Waals surface area contributed by atoms with Gasteiger partial charge in [-0.3, -0.25) is 0 Å². The predicted octanol–water partition coefficient (Wildman–Crippen LogP) is 2.41. The first kappa shape index (κ1) is 16.6. The third-order valence-corrected chi connectivity index (χ3v) is 4.24. The van der Waals surface area contributed by atoms with Crippen LogP contribution in [0.4, 0.5) is 0 Å². The summed E-state index contributed by atoms with van der Waals surface area (Å²) in [5, 5.41) is 10.2. The highest BCUT2D eigenvalue weighted by atomic mass is 16.7. The Morgan fingerprint density at radius 1 is 1.30 bits per heavy atom. The molecular weight excluding hydrogens is 294 g/mol. The molecule has 0 saturated heterocycles. The molecule has 0 radical (unpaired) electrons. The fourth-order valence-corrected chi connectivity index (χ4v) is 2.93. The SMILES string of the molecule is CCCN(CC(O)COCc1ccc2c(c1)OCO2)CC1CC1. The van der Waals surface area contributed by atoms with E-state index in [2.05, 4.69) is 11.8 Å². The summed E-state index contributed by atoms with van der Waals surface area (Å²) in [6, 6.07) is 5.80. The van der Waals surface area contributed by atoms with Gasteiger partial charge in [-0.25, -0.2) is 0 Å². The molecule has 1 aromatic carbocycles. The molecule has 0 spiro atoms. The van der Waals surface area contributed by atoms with Crippen molar-refractivity contribution in [2.24, 2.45) is 5.92 Å². The smallest absolute Gasteiger partial charge is 0.231 e. The molecule has 23 heavy (non-hydrogen) atoms. The lowest BCUT2D eigenvalue weighted by molar-refractivity contribution is 0.00916. The predicted molar refractivity (Wildman–Crippen MR) is 87.7 cm³/mol. The minimum Gasteiger partial charge on any atom is -0.454 e. The Labute approximate surface area is 138 Å². The van der Waals surface area contributed by atoms with E-state index < -0.39 is 6.10 Å².